The van der Waals surface area contributed by atoms with E-state index in [9.17, 15) is 20.4 Å². The van der Waals surface area contributed by atoms with Crippen LogP contribution in [0.15, 0.2) is 12.7 Å². The zero-order valence-corrected chi connectivity index (χ0v) is 26.3. The molecule has 2 fully saturated rings. The summed E-state index contributed by atoms with van der Waals surface area (Å²) in [6, 6.07) is 0. The number of nitrogens with two attached hydrogens (primary N) is 2. The molecule has 4 aromatic heterocycles. The first kappa shape index (κ1) is 32.0. The zero-order valence-electron chi connectivity index (χ0n) is 20.6. The fraction of sp³-hybridized carbons (Fsp3) is 0.500. The second-order valence-corrected chi connectivity index (χ2v) is 10.5. The van der Waals surface area contributed by atoms with Crippen molar-refractivity contribution in [3.05, 3.63) is 12.7 Å². The van der Waals surface area contributed by atoms with E-state index in [0.717, 1.165) is 0 Å². The first-order valence-corrected chi connectivity index (χ1v) is 13.4. The molecule has 41 heavy (non-hydrogen) atoms. The van der Waals surface area contributed by atoms with Crippen molar-refractivity contribution in [2.24, 2.45) is 0 Å². The molecule has 0 amide bonds. The summed E-state index contributed by atoms with van der Waals surface area (Å²) in [7, 11) is 0. The smallest absolute Gasteiger partial charge is 2.00 e. The Bertz CT molecular complexity index is 1420. The van der Waals surface area contributed by atoms with Crippen LogP contribution in [0.25, 0.3) is 22.3 Å². The summed E-state index contributed by atoms with van der Waals surface area (Å²) in [5.41, 5.74) is 12.9. The van der Waals surface area contributed by atoms with E-state index in [0.29, 0.717) is 31.5 Å². The Morgan fingerprint density at radius 1 is 0.683 bits per heavy atom. The summed E-state index contributed by atoms with van der Waals surface area (Å²) in [6.07, 6.45) is -5.47. The molecule has 6 heterocycles. The van der Waals surface area contributed by atoms with Gasteiger partial charge >= 0.3 is 262 Å². The van der Waals surface area contributed by atoms with E-state index in [2.05, 4.69) is 61.9 Å². The van der Waals surface area contributed by atoms with Crippen LogP contribution in [0.1, 0.15) is 12.5 Å². The van der Waals surface area contributed by atoms with E-state index in [1.165, 1.54) is 21.8 Å². The third-order valence-electron chi connectivity index (χ3n) is 6.40. The Morgan fingerprint density at radius 3 is 1.37 bits per heavy atom. The molecule has 224 valence electrons. The Kier molecular flexibility index (Phi) is 9.97. The Hall–Kier alpha value is -1.89. The maximum Gasteiger partial charge on any atom is 2.00 e. The van der Waals surface area contributed by atoms with Gasteiger partial charge < -0.3 is 0 Å². The molecule has 18 nitrogen and oxygen atoms in total. The zero-order chi connectivity index (χ0) is 28.9. The largest absolute Gasteiger partial charge is 2.00 e. The predicted octanol–water partition coefficient (Wildman–Crippen LogP) is -6.37. The molecule has 2 aliphatic rings. The van der Waals surface area contributed by atoms with Crippen LogP contribution in [0.5, 0.6) is 0 Å². The van der Waals surface area contributed by atoms with Crippen molar-refractivity contribution in [1.29, 1.82) is 0 Å². The number of aromatic nitrogens is 8. The number of aliphatic hydroxyl groups is 6. The third kappa shape index (κ3) is 5.86. The third-order valence-corrected chi connectivity index (χ3v) is 7.59. The van der Waals surface area contributed by atoms with E-state index in [1.54, 1.807) is 0 Å². The molecule has 2 saturated heterocycles. The minimum absolute atomic E-state index is 0. The van der Waals surface area contributed by atoms with Gasteiger partial charge in [-0.25, -0.2) is 0 Å². The quantitative estimate of drug-likeness (QED) is 0.0886. The number of aliphatic hydroxyl groups excluding tert-OH is 6. The van der Waals surface area contributed by atoms with Gasteiger partial charge in [-0.3, -0.25) is 0 Å². The number of hydrogen-bond donors (Lipinski definition) is 8. The van der Waals surface area contributed by atoms with Crippen LogP contribution in [-0.4, -0.2) is 152 Å². The van der Waals surface area contributed by atoms with Gasteiger partial charge in [0.05, 0.1) is 0 Å². The summed E-state index contributed by atoms with van der Waals surface area (Å²) >= 11 is 5.46. The number of hydrogen-bond acceptors (Lipinski definition) is 16. The van der Waals surface area contributed by atoms with Gasteiger partial charge in [0.1, 0.15) is 0 Å². The SMILES string of the molecule is Nc1nc([Se-])c2ncn(C3OC(CO)C(O)C3O)c2n1.Nc1nc([Se-])c2ncn(C3OC(CO)C(O)C3O)c2n1.[Pt+2]. The minimum atomic E-state index is -1.20. The molecule has 8 unspecified atom stereocenters. The number of fused-ring (bicyclic) bond motifs is 2. The molecule has 2 aliphatic heterocycles. The number of anilines is 2. The average Bonchev–Trinajstić information content (AvgIpc) is 3.66. The van der Waals surface area contributed by atoms with Crippen molar-refractivity contribution >= 4 is 75.4 Å². The van der Waals surface area contributed by atoms with Crippen LogP contribution in [0.2, 0.25) is 0 Å². The van der Waals surface area contributed by atoms with Crippen molar-refractivity contribution in [3.8, 4) is 0 Å². The summed E-state index contributed by atoms with van der Waals surface area (Å²) in [5, 5.41) is 57.8. The summed E-state index contributed by atoms with van der Waals surface area (Å²) < 4.78 is 14.7. The molecule has 10 N–H and O–H groups in total. The standard InChI is InChI=1S/2C10H13N5O4Se.Pt/c2*11-10-13-7-4(8(20)14-10)12-2-15(7)9-6(18)5(17)3(1-16)19-9;/h2*2-3,5-6,9,16-18H,1H2,(H3,11,13,14,20);/q;;+2/p-2. The van der Waals surface area contributed by atoms with Crippen LogP contribution in [0, 0.1) is 0 Å². The molecular formula is C20H24N10O8PtSe2. The number of imidazole rings is 2. The average molecular weight is 885 g/mol. The van der Waals surface area contributed by atoms with Gasteiger partial charge in [-0.15, -0.1) is 0 Å². The Balaban J connectivity index is 0.000000184. The first-order chi connectivity index (χ1) is 19.0. The number of ether oxygens (including phenoxy) is 2. The fourth-order valence-corrected chi connectivity index (χ4v) is 5.40. The van der Waals surface area contributed by atoms with Crippen LogP contribution in [-0.2, 0) is 30.5 Å². The van der Waals surface area contributed by atoms with Crippen LogP contribution < -0.4 is 20.7 Å². The van der Waals surface area contributed by atoms with Crippen molar-refractivity contribution in [1.82, 2.24) is 39.0 Å². The van der Waals surface area contributed by atoms with Crippen LogP contribution in [0.3, 0.4) is 0 Å². The molecule has 0 bridgehead atoms. The Labute approximate surface area is 261 Å². The van der Waals surface area contributed by atoms with E-state index in [-0.39, 0.29) is 33.0 Å². The predicted molar refractivity (Wildman–Crippen MR) is 136 cm³/mol. The molecule has 0 spiro atoms. The molecule has 0 aromatic carbocycles. The van der Waals surface area contributed by atoms with Gasteiger partial charge in [0, 0.05) is 0 Å². The Morgan fingerprint density at radius 2 is 1.05 bits per heavy atom. The molecule has 4 aromatic rings. The van der Waals surface area contributed by atoms with Crippen LogP contribution in [0.4, 0.5) is 11.9 Å². The van der Waals surface area contributed by atoms with Crippen molar-refractivity contribution in [2.45, 2.75) is 49.1 Å². The molecule has 0 radical (unpaired) electrons. The number of nitrogen functional groups attached to an aromatic ring is 2. The van der Waals surface area contributed by atoms with Crippen molar-refractivity contribution < 1.29 is 61.2 Å². The number of nitrogens with zero attached hydrogens (tertiary/aromatic N) is 8. The normalized spacial score (nSPS) is 29.4. The van der Waals surface area contributed by atoms with Crippen LogP contribution >= 0.6 is 0 Å². The monoisotopic (exact) mass is 887 g/mol. The molecule has 8 atom stereocenters. The van der Waals surface area contributed by atoms with E-state index >= 15 is 0 Å². The van der Waals surface area contributed by atoms with Gasteiger partial charge in [-0.1, -0.05) is 0 Å². The maximum atomic E-state index is 10.0. The van der Waals surface area contributed by atoms with Gasteiger partial charge in [0.15, 0.2) is 0 Å². The minimum Gasteiger partial charge on any atom is 2.00 e. The molecule has 21 heteroatoms. The summed E-state index contributed by atoms with van der Waals surface area (Å²) in [6.45, 7) is -0.795. The second-order valence-electron chi connectivity index (χ2n) is 8.88. The van der Waals surface area contributed by atoms with Gasteiger partial charge in [-0.05, 0) is 0 Å². The maximum absolute atomic E-state index is 10.0. The molecule has 0 aliphatic carbocycles. The molecule has 6 rings (SSSR count). The van der Waals surface area contributed by atoms with Crippen molar-refractivity contribution in [2.75, 3.05) is 24.7 Å². The first-order valence-electron chi connectivity index (χ1n) is 11.6. The van der Waals surface area contributed by atoms with E-state index in [1.807, 2.05) is 0 Å². The fourth-order valence-electron chi connectivity index (χ4n) is 4.41. The topological polar surface area (TPSA) is 279 Å². The second kappa shape index (κ2) is 12.8. The number of rotatable bonds is 4. The van der Waals surface area contributed by atoms with E-state index < -0.39 is 62.3 Å². The van der Waals surface area contributed by atoms with Gasteiger partial charge in [0.25, 0.3) is 0 Å². The van der Waals surface area contributed by atoms with Crippen molar-refractivity contribution in [3.63, 3.8) is 0 Å². The van der Waals surface area contributed by atoms with E-state index in [4.69, 9.17) is 31.2 Å². The summed E-state index contributed by atoms with van der Waals surface area (Å²) in [5.74, 6) is 0.111. The molecular weight excluding hydrogens is 861 g/mol. The van der Waals surface area contributed by atoms with Gasteiger partial charge in [0.2, 0.25) is 0 Å². The molecule has 0 saturated carbocycles. The summed E-state index contributed by atoms with van der Waals surface area (Å²) in [4.78, 5) is 24.3. The van der Waals surface area contributed by atoms with Gasteiger partial charge in [-0.2, -0.15) is 0 Å².